The molecule has 0 bridgehead atoms. The maximum atomic E-state index is 8.82. The molecule has 1 N–H and O–H groups in total. The number of rotatable bonds is 5. The zero-order valence-electron chi connectivity index (χ0n) is 11.7. The van der Waals surface area contributed by atoms with Crippen molar-refractivity contribution in [3.63, 3.8) is 0 Å². The van der Waals surface area contributed by atoms with Crippen molar-refractivity contribution in [3.8, 4) is 17.6 Å². The highest BCUT2D eigenvalue weighted by Gasteiger charge is 2.15. The van der Waals surface area contributed by atoms with Crippen LogP contribution in [-0.2, 0) is 10.5 Å². The number of thioether (sulfide) groups is 1. The maximum Gasteiger partial charge on any atom is 0.119 e. The molecule has 1 heterocycles. The van der Waals surface area contributed by atoms with E-state index in [1.54, 1.807) is 7.11 Å². The van der Waals surface area contributed by atoms with Crippen LogP contribution in [0.15, 0.2) is 18.2 Å². The summed E-state index contributed by atoms with van der Waals surface area (Å²) in [4.78, 5) is 0. The van der Waals surface area contributed by atoms with Crippen LogP contribution >= 0.6 is 11.8 Å². The first-order chi connectivity index (χ1) is 9.83. The minimum absolute atomic E-state index is 0.117. The molecule has 1 aromatic carbocycles. The van der Waals surface area contributed by atoms with E-state index >= 15 is 0 Å². The van der Waals surface area contributed by atoms with Crippen molar-refractivity contribution in [1.82, 2.24) is 0 Å². The average Bonchev–Trinajstić information content (AvgIpc) is 2.99. The van der Waals surface area contributed by atoms with Gasteiger partial charge >= 0.3 is 0 Å². The zero-order chi connectivity index (χ0) is 14.2. The van der Waals surface area contributed by atoms with Crippen molar-refractivity contribution in [2.75, 3.05) is 26.1 Å². The monoisotopic (exact) mass is 292 g/mol. The summed E-state index contributed by atoms with van der Waals surface area (Å²) in [5, 5.41) is 8.82. The summed E-state index contributed by atoms with van der Waals surface area (Å²) >= 11 is 1.86. The lowest BCUT2D eigenvalue weighted by Gasteiger charge is -2.10. The number of hydrogen-bond donors (Lipinski definition) is 1. The van der Waals surface area contributed by atoms with Crippen LogP contribution in [0.4, 0.5) is 0 Å². The third-order valence-electron chi connectivity index (χ3n) is 3.20. The molecule has 0 aromatic heterocycles. The second kappa shape index (κ2) is 8.21. The van der Waals surface area contributed by atoms with Gasteiger partial charge in [-0.15, -0.1) is 0 Å². The fourth-order valence-electron chi connectivity index (χ4n) is 2.15. The molecule has 3 nitrogen and oxygen atoms in total. The normalized spacial score (nSPS) is 17.6. The lowest BCUT2D eigenvalue weighted by atomic mass is 10.1. The van der Waals surface area contributed by atoms with Crippen molar-refractivity contribution >= 4 is 11.8 Å². The van der Waals surface area contributed by atoms with Gasteiger partial charge in [-0.3, -0.25) is 0 Å². The van der Waals surface area contributed by atoms with Gasteiger partial charge in [-0.25, -0.2) is 0 Å². The first kappa shape index (κ1) is 15.2. The second-order valence-electron chi connectivity index (χ2n) is 4.63. The number of methoxy groups -OCH3 is 1. The Balaban J connectivity index is 1.99. The first-order valence-corrected chi connectivity index (χ1v) is 7.95. The van der Waals surface area contributed by atoms with Crippen LogP contribution < -0.4 is 4.74 Å². The van der Waals surface area contributed by atoms with E-state index in [1.807, 2.05) is 30.0 Å². The second-order valence-corrected chi connectivity index (χ2v) is 5.66. The Kier molecular flexibility index (Phi) is 6.25. The van der Waals surface area contributed by atoms with Crippen molar-refractivity contribution in [2.45, 2.75) is 24.7 Å². The molecular formula is C16H20O3S. The molecule has 20 heavy (non-hydrogen) atoms. The lowest BCUT2D eigenvalue weighted by Crippen LogP contribution is -2.08. The van der Waals surface area contributed by atoms with E-state index in [2.05, 4.69) is 11.8 Å². The summed E-state index contributed by atoms with van der Waals surface area (Å²) in [5.41, 5.74) is 2.10. The minimum atomic E-state index is -0.117. The van der Waals surface area contributed by atoms with Crippen molar-refractivity contribution in [1.29, 1.82) is 0 Å². The molecule has 108 valence electrons. The number of benzene rings is 1. The van der Waals surface area contributed by atoms with Crippen LogP contribution in [0.2, 0.25) is 0 Å². The van der Waals surface area contributed by atoms with Gasteiger partial charge in [0.25, 0.3) is 0 Å². The van der Waals surface area contributed by atoms with Crippen molar-refractivity contribution in [2.24, 2.45) is 0 Å². The van der Waals surface area contributed by atoms with E-state index < -0.39 is 0 Å². The fraction of sp³-hybridized carbons (Fsp3) is 0.500. The maximum absolute atomic E-state index is 8.82. The SMILES string of the molecule is COc1ccc(C#CCO)c(CSCC2CCCO2)c1. The molecule has 0 saturated carbocycles. The van der Waals surface area contributed by atoms with E-state index in [1.165, 1.54) is 12.8 Å². The zero-order valence-corrected chi connectivity index (χ0v) is 12.5. The summed E-state index contributed by atoms with van der Waals surface area (Å²) < 4.78 is 10.9. The highest BCUT2D eigenvalue weighted by Crippen LogP contribution is 2.24. The Morgan fingerprint density at radius 3 is 3.10 bits per heavy atom. The van der Waals surface area contributed by atoms with Gasteiger partial charge in [-0.2, -0.15) is 11.8 Å². The number of aliphatic hydroxyl groups excluding tert-OH is 1. The van der Waals surface area contributed by atoms with Gasteiger partial charge < -0.3 is 14.6 Å². The predicted molar refractivity (Wildman–Crippen MR) is 82.1 cm³/mol. The predicted octanol–water partition coefficient (Wildman–Crippen LogP) is 2.45. The smallest absolute Gasteiger partial charge is 0.119 e. The molecule has 1 aliphatic heterocycles. The quantitative estimate of drug-likeness (QED) is 0.846. The van der Waals surface area contributed by atoms with Crippen LogP contribution in [0.5, 0.6) is 5.75 Å². The van der Waals surface area contributed by atoms with Gasteiger partial charge in [0.2, 0.25) is 0 Å². The average molecular weight is 292 g/mol. The van der Waals surface area contributed by atoms with E-state index in [-0.39, 0.29) is 6.61 Å². The van der Waals surface area contributed by atoms with Gasteiger partial charge in [0.05, 0.1) is 13.2 Å². The molecule has 4 heteroatoms. The summed E-state index contributed by atoms with van der Waals surface area (Å²) in [6.07, 6.45) is 2.75. The Labute approximate surface area is 124 Å². The highest BCUT2D eigenvalue weighted by molar-refractivity contribution is 7.98. The van der Waals surface area contributed by atoms with E-state index in [4.69, 9.17) is 14.6 Å². The van der Waals surface area contributed by atoms with Gasteiger partial charge in [-0.1, -0.05) is 11.8 Å². The number of aliphatic hydroxyl groups is 1. The minimum Gasteiger partial charge on any atom is -0.497 e. The Morgan fingerprint density at radius 2 is 2.40 bits per heavy atom. The molecule has 0 spiro atoms. The molecule has 0 aliphatic carbocycles. The fourth-order valence-corrected chi connectivity index (χ4v) is 3.25. The van der Waals surface area contributed by atoms with Crippen LogP contribution in [0.1, 0.15) is 24.0 Å². The third-order valence-corrected chi connectivity index (χ3v) is 4.32. The summed E-state index contributed by atoms with van der Waals surface area (Å²) in [6.45, 7) is 0.784. The summed E-state index contributed by atoms with van der Waals surface area (Å²) in [5.74, 6) is 8.44. The lowest BCUT2D eigenvalue weighted by molar-refractivity contribution is 0.129. The van der Waals surface area contributed by atoms with Crippen LogP contribution in [0.3, 0.4) is 0 Å². The topological polar surface area (TPSA) is 38.7 Å². The largest absolute Gasteiger partial charge is 0.497 e. The van der Waals surface area contributed by atoms with Gasteiger partial charge in [0, 0.05) is 23.7 Å². The third kappa shape index (κ3) is 4.45. The van der Waals surface area contributed by atoms with E-state index in [0.29, 0.717) is 6.10 Å². The molecule has 1 saturated heterocycles. The van der Waals surface area contributed by atoms with Crippen LogP contribution in [0, 0.1) is 11.8 Å². The van der Waals surface area contributed by atoms with Crippen molar-refractivity contribution < 1.29 is 14.6 Å². The molecular weight excluding hydrogens is 272 g/mol. The molecule has 1 atom stereocenters. The van der Waals surface area contributed by atoms with Crippen LogP contribution in [-0.4, -0.2) is 37.3 Å². The molecule has 0 radical (unpaired) electrons. The van der Waals surface area contributed by atoms with Crippen molar-refractivity contribution in [3.05, 3.63) is 29.3 Å². The van der Waals surface area contributed by atoms with Crippen LogP contribution in [0.25, 0.3) is 0 Å². The highest BCUT2D eigenvalue weighted by atomic mass is 32.2. The van der Waals surface area contributed by atoms with Gasteiger partial charge in [0.15, 0.2) is 0 Å². The van der Waals surface area contributed by atoms with E-state index in [9.17, 15) is 0 Å². The molecule has 2 rings (SSSR count). The van der Waals surface area contributed by atoms with Gasteiger partial charge in [-0.05, 0) is 36.6 Å². The molecule has 1 fully saturated rings. The molecule has 1 aromatic rings. The first-order valence-electron chi connectivity index (χ1n) is 6.79. The Bertz CT molecular complexity index is 484. The summed E-state index contributed by atoms with van der Waals surface area (Å²) in [6, 6.07) is 5.86. The Morgan fingerprint density at radius 1 is 1.50 bits per heavy atom. The molecule has 1 aliphatic rings. The Hall–Kier alpha value is -1.15. The number of ether oxygens (including phenoxy) is 2. The molecule has 0 amide bonds. The number of hydrogen-bond acceptors (Lipinski definition) is 4. The standard InChI is InChI=1S/C16H20O3S/c1-18-15-7-6-13(4-2-8-17)14(10-15)11-20-12-16-5-3-9-19-16/h6-7,10,16-17H,3,5,8-9,11-12H2,1H3. The molecule has 1 unspecified atom stereocenters. The van der Waals surface area contributed by atoms with E-state index in [0.717, 1.165) is 35.0 Å². The van der Waals surface area contributed by atoms with Gasteiger partial charge in [0.1, 0.15) is 12.4 Å². The summed E-state index contributed by atoms with van der Waals surface area (Å²) in [7, 11) is 1.66.